The standard InChI is InChI=1S/C11H24N2S/c1-4-11-8-13(5-6-14-11)7-9(2)10(3)12/h9-11H,4-8,12H2,1-3H3. The minimum Gasteiger partial charge on any atom is -0.328 e. The third-order valence-electron chi connectivity index (χ3n) is 3.12. The van der Waals surface area contributed by atoms with Crippen LogP contribution < -0.4 is 5.73 Å². The van der Waals surface area contributed by atoms with E-state index in [1.807, 2.05) is 0 Å². The highest BCUT2D eigenvalue weighted by Crippen LogP contribution is 2.21. The second-order valence-electron chi connectivity index (χ2n) is 4.50. The van der Waals surface area contributed by atoms with E-state index >= 15 is 0 Å². The molecule has 1 saturated heterocycles. The molecule has 1 heterocycles. The first-order valence-electron chi connectivity index (χ1n) is 5.73. The Kier molecular flexibility index (Phi) is 5.28. The van der Waals surface area contributed by atoms with Crippen molar-refractivity contribution in [1.29, 1.82) is 0 Å². The van der Waals surface area contributed by atoms with E-state index < -0.39 is 0 Å². The van der Waals surface area contributed by atoms with Crippen LogP contribution in [-0.2, 0) is 0 Å². The molecule has 3 heteroatoms. The number of nitrogens with zero attached hydrogens (tertiary/aromatic N) is 1. The largest absolute Gasteiger partial charge is 0.328 e. The van der Waals surface area contributed by atoms with Gasteiger partial charge in [0.25, 0.3) is 0 Å². The van der Waals surface area contributed by atoms with Gasteiger partial charge in [-0.1, -0.05) is 13.8 Å². The molecule has 3 unspecified atom stereocenters. The highest BCUT2D eigenvalue weighted by atomic mass is 32.2. The second kappa shape index (κ2) is 5.99. The van der Waals surface area contributed by atoms with Crippen LogP contribution in [0.5, 0.6) is 0 Å². The van der Waals surface area contributed by atoms with E-state index in [1.54, 1.807) is 0 Å². The van der Waals surface area contributed by atoms with Crippen molar-refractivity contribution in [3.63, 3.8) is 0 Å². The van der Waals surface area contributed by atoms with Gasteiger partial charge in [-0.05, 0) is 19.3 Å². The smallest absolute Gasteiger partial charge is 0.0172 e. The Morgan fingerprint density at radius 1 is 1.50 bits per heavy atom. The maximum Gasteiger partial charge on any atom is 0.0172 e. The molecule has 1 aliphatic heterocycles. The Labute approximate surface area is 92.6 Å². The van der Waals surface area contributed by atoms with Crippen molar-refractivity contribution in [2.75, 3.05) is 25.4 Å². The summed E-state index contributed by atoms with van der Waals surface area (Å²) in [5, 5.41) is 0.851. The van der Waals surface area contributed by atoms with Crippen molar-refractivity contribution < 1.29 is 0 Å². The summed E-state index contributed by atoms with van der Waals surface area (Å²) in [6.45, 7) is 10.3. The van der Waals surface area contributed by atoms with E-state index in [0.29, 0.717) is 12.0 Å². The van der Waals surface area contributed by atoms with Gasteiger partial charge in [0, 0.05) is 36.7 Å². The Hall–Kier alpha value is 0.270. The Morgan fingerprint density at radius 2 is 2.21 bits per heavy atom. The summed E-state index contributed by atoms with van der Waals surface area (Å²) in [6, 6.07) is 0.324. The Bertz CT molecular complexity index is 161. The van der Waals surface area contributed by atoms with Crippen molar-refractivity contribution in [3.05, 3.63) is 0 Å². The van der Waals surface area contributed by atoms with Gasteiger partial charge >= 0.3 is 0 Å². The third-order valence-corrected chi connectivity index (χ3v) is 4.49. The summed E-state index contributed by atoms with van der Waals surface area (Å²) in [6.07, 6.45) is 1.30. The molecule has 0 bridgehead atoms. The van der Waals surface area contributed by atoms with Gasteiger partial charge in [-0.25, -0.2) is 0 Å². The average Bonchev–Trinajstić information content (AvgIpc) is 2.18. The molecular formula is C11H24N2S. The van der Waals surface area contributed by atoms with Gasteiger partial charge in [0.05, 0.1) is 0 Å². The second-order valence-corrected chi connectivity index (χ2v) is 5.91. The number of rotatable bonds is 4. The molecular weight excluding hydrogens is 192 g/mol. The zero-order valence-corrected chi connectivity index (χ0v) is 10.5. The van der Waals surface area contributed by atoms with Gasteiger partial charge < -0.3 is 10.6 Å². The number of thioether (sulfide) groups is 1. The Balaban J connectivity index is 2.30. The summed E-state index contributed by atoms with van der Waals surface area (Å²) in [5.41, 5.74) is 5.89. The predicted octanol–water partition coefficient (Wildman–Crippen LogP) is 1.80. The molecule has 0 spiro atoms. The topological polar surface area (TPSA) is 29.3 Å². The van der Waals surface area contributed by atoms with Gasteiger partial charge in [-0.3, -0.25) is 0 Å². The molecule has 0 radical (unpaired) electrons. The minimum absolute atomic E-state index is 0.324. The zero-order valence-electron chi connectivity index (χ0n) is 9.70. The van der Waals surface area contributed by atoms with Crippen molar-refractivity contribution in [1.82, 2.24) is 4.90 Å². The van der Waals surface area contributed by atoms with E-state index in [1.165, 1.54) is 31.8 Å². The van der Waals surface area contributed by atoms with Crippen molar-refractivity contribution in [3.8, 4) is 0 Å². The van der Waals surface area contributed by atoms with Gasteiger partial charge in [-0.15, -0.1) is 0 Å². The monoisotopic (exact) mass is 216 g/mol. The van der Waals surface area contributed by atoms with E-state index in [4.69, 9.17) is 5.73 Å². The van der Waals surface area contributed by atoms with Crippen LogP contribution in [0.3, 0.4) is 0 Å². The van der Waals surface area contributed by atoms with Crippen LogP contribution in [0.2, 0.25) is 0 Å². The van der Waals surface area contributed by atoms with Crippen LogP contribution in [0, 0.1) is 5.92 Å². The fourth-order valence-electron chi connectivity index (χ4n) is 1.77. The van der Waals surface area contributed by atoms with Crippen LogP contribution in [0.15, 0.2) is 0 Å². The highest BCUT2D eigenvalue weighted by molar-refractivity contribution is 8.00. The maximum atomic E-state index is 5.89. The lowest BCUT2D eigenvalue weighted by Crippen LogP contribution is -2.43. The lowest BCUT2D eigenvalue weighted by atomic mass is 10.0. The molecule has 0 aromatic carbocycles. The van der Waals surface area contributed by atoms with Crippen LogP contribution in [0.4, 0.5) is 0 Å². The molecule has 1 rings (SSSR count). The molecule has 14 heavy (non-hydrogen) atoms. The lowest BCUT2D eigenvalue weighted by molar-refractivity contribution is 0.231. The van der Waals surface area contributed by atoms with Crippen molar-refractivity contribution in [2.24, 2.45) is 11.7 Å². The quantitative estimate of drug-likeness (QED) is 0.777. The molecule has 3 atom stereocenters. The van der Waals surface area contributed by atoms with Crippen LogP contribution in [0.1, 0.15) is 27.2 Å². The fraction of sp³-hybridized carbons (Fsp3) is 1.00. The van der Waals surface area contributed by atoms with E-state index in [2.05, 4.69) is 37.4 Å². The zero-order chi connectivity index (χ0) is 10.6. The van der Waals surface area contributed by atoms with E-state index in [9.17, 15) is 0 Å². The molecule has 2 nitrogen and oxygen atoms in total. The van der Waals surface area contributed by atoms with Gasteiger partial charge in [0.15, 0.2) is 0 Å². The molecule has 1 aliphatic rings. The first-order valence-corrected chi connectivity index (χ1v) is 6.78. The first-order chi connectivity index (χ1) is 6.63. The molecule has 2 N–H and O–H groups in total. The van der Waals surface area contributed by atoms with E-state index in [-0.39, 0.29) is 0 Å². The van der Waals surface area contributed by atoms with E-state index in [0.717, 1.165) is 5.25 Å². The van der Waals surface area contributed by atoms with Crippen molar-refractivity contribution >= 4 is 11.8 Å². The minimum atomic E-state index is 0.324. The fourth-order valence-corrected chi connectivity index (χ4v) is 3.02. The number of hydrogen-bond acceptors (Lipinski definition) is 3. The predicted molar refractivity (Wildman–Crippen MR) is 65.8 cm³/mol. The van der Waals surface area contributed by atoms with Gasteiger partial charge in [0.2, 0.25) is 0 Å². The molecule has 0 amide bonds. The van der Waals surface area contributed by atoms with Crippen LogP contribution in [-0.4, -0.2) is 41.6 Å². The molecule has 0 aliphatic carbocycles. The normalized spacial score (nSPS) is 28.7. The molecule has 0 aromatic heterocycles. The summed E-state index contributed by atoms with van der Waals surface area (Å²) >= 11 is 2.13. The van der Waals surface area contributed by atoms with Crippen LogP contribution in [0.25, 0.3) is 0 Å². The maximum absolute atomic E-state index is 5.89. The highest BCUT2D eigenvalue weighted by Gasteiger charge is 2.21. The van der Waals surface area contributed by atoms with Crippen LogP contribution >= 0.6 is 11.8 Å². The molecule has 84 valence electrons. The summed E-state index contributed by atoms with van der Waals surface area (Å²) < 4.78 is 0. The summed E-state index contributed by atoms with van der Waals surface area (Å²) in [5.74, 6) is 1.92. The molecule has 0 aromatic rings. The molecule has 0 saturated carbocycles. The average molecular weight is 216 g/mol. The molecule has 1 fully saturated rings. The summed E-state index contributed by atoms with van der Waals surface area (Å²) in [7, 11) is 0. The number of hydrogen-bond donors (Lipinski definition) is 1. The van der Waals surface area contributed by atoms with Gasteiger partial charge in [-0.2, -0.15) is 11.8 Å². The van der Waals surface area contributed by atoms with Gasteiger partial charge in [0.1, 0.15) is 0 Å². The number of nitrogens with two attached hydrogens (primary N) is 1. The van der Waals surface area contributed by atoms with Crippen molar-refractivity contribution in [2.45, 2.75) is 38.5 Å². The first kappa shape index (κ1) is 12.3. The Morgan fingerprint density at radius 3 is 2.79 bits per heavy atom. The summed E-state index contributed by atoms with van der Waals surface area (Å²) in [4.78, 5) is 2.58. The lowest BCUT2D eigenvalue weighted by Gasteiger charge is -2.34. The SMILES string of the molecule is CCC1CN(CC(C)C(C)N)CCS1. The third kappa shape index (κ3) is 3.79.